The Morgan fingerprint density at radius 2 is 1.41 bits per heavy atom. The number of aromatic nitrogens is 2. The van der Waals surface area contributed by atoms with E-state index in [-0.39, 0.29) is 11.2 Å². The summed E-state index contributed by atoms with van der Waals surface area (Å²) in [7, 11) is 0. The number of carbonyl (C=O) groups is 1. The highest BCUT2D eigenvalue weighted by molar-refractivity contribution is 7.21. The SMILES string of the molecule is Cc1c(NC(=O)c2sc3ccccc3c2Cl)c(=O)n(-c2ccccc2)n1-c1ccccc1. The van der Waals surface area contributed by atoms with E-state index in [4.69, 9.17) is 11.6 Å². The van der Waals surface area contributed by atoms with Gasteiger partial charge < -0.3 is 5.32 Å². The molecule has 0 spiro atoms. The lowest BCUT2D eigenvalue weighted by molar-refractivity contribution is 0.103. The van der Waals surface area contributed by atoms with E-state index in [2.05, 4.69) is 5.32 Å². The standard InChI is InChI=1S/C25H18ClN3O2S/c1-16-22(27-24(30)23-21(26)19-14-8-9-15-20(19)32-23)25(31)29(18-12-6-3-7-13-18)28(16)17-10-4-2-5-11-17/h2-15H,1H3,(H,27,30). The van der Waals surface area contributed by atoms with E-state index >= 15 is 0 Å². The Morgan fingerprint density at radius 3 is 2.03 bits per heavy atom. The number of nitrogens with zero attached hydrogens (tertiary/aromatic N) is 2. The number of fused-ring (bicyclic) bond motifs is 1. The topological polar surface area (TPSA) is 56.0 Å². The summed E-state index contributed by atoms with van der Waals surface area (Å²) in [4.78, 5) is 27.0. The third kappa shape index (κ3) is 3.34. The summed E-state index contributed by atoms with van der Waals surface area (Å²) in [5.41, 5.74) is 2.03. The summed E-state index contributed by atoms with van der Waals surface area (Å²) in [5.74, 6) is -0.401. The van der Waals surface area contributed by atoms with Crippen LogP contribution in [0.25, 0.3) is 21.5 Å². The van der Waals surface area contributed by atoms with Crippen molar-refractivity contribution in [1.82, 2.24) is 9.36 Å². The molecule has 2 aromatic heterocycles. The molecule has 0 aliphatic rings. The van der Waals surface area contributed by atoms with Crippen LogP contribution in [-0.2, 0) is 0 Å². The van der Waals surface area contributed by atoms with Gasteiger partial charge in [-0.1, -0.05) is 66.2 Å². The van der Waals surface area contributed by atoms with Crippen LogP contribution in [0.5, 0.6) is 0 Å². The van der Waals surface area contributed by atoms with Crippen LogP contribution in [0.4, 0.5) is 5.69 Å². The van der Waals surface area contributed by atoms with Gasteiger partial charge in [-0.05, 0) is 37.3 Å². The van der Waals surface area contributed by atoms with E-state index < -0.39 is 5.91 Å². The molecule has 1 amide bonds. The minimum Gasteiger partial charge on any atom is -0.315 e. The molecule has 0 bridgehead atoms. The molecule has 0 fully saturated rings. The van der Waals surface area contributed by atoms with E-state index in [1.165, 1.54) is 11.3 Å². The predicted octanol–water partition coefficient (Wildman–Crippen LogP) is 6.06. The molecule has 1 N–H and O–H groups in total. The van der Waals surface area contributed by atoms with Crippen LogP contribution < -0.4 is 10.9 Å². The van der Waals surface area contributed by atoms with Crippen molar-refractivity contribution < 1.29 is 4.79 Å². The molecule has 0 radical (unpaired) electrons. The zero-order valence-electron chi connectivity index (χ0n) is 17.1. The van der Waals surface area contributed by atoms with Crippen LogP contribution in [-0.4, -0.2) is 15.3 Å². The Labute approximate surface area is 193 Å². The maximum absolute atomic E-state index is 13.5. The minimum absolute atomic E-state index is 0.219. The van der Waals surface area contributed by atoms with Gasteiger partial charge in [0, 0.05) is 10.1 Å². The van der Waals surface area contributed by atoms with Crippen molar-refractivity contribution in [2.75, 3.05) is 5.32 Å². The maximum atomic E-state index is 13.5. The molecule has 0 saturated carbocycles. The van der Waals surface area contributed by atoms with Gasteiger partial charge in [-0.25, -0.2) is 9.36 Å². The van der Waals surface area contributed by atoms with E-state index in [0.717, 1.165) is 15.8 Å². The lowest BCUT2D eigenvalue weighted by atomic mass is 10.2. The number of amides is 1. The van der Waals surface area contributed by atoms with Gasteiger partial charge in [-0.3, -0.25) is 9.59 Å². The van der Waals surface area contributed by atoms with Crippen LogP contribution in [0.1, 0.15) is 15.4 Å². The second kappa shape index (κ2) is 8.15. The molecule has 7 heteroatoms. The average Bonchev–Trinajstić information content (AvgIpc) is 3.29. The van der Waals surface area contributed by atoms with Crippen molar-refractivity contribution in [3.05, 3.63) is 111 Å². The second-order valence-electron chi connectivity index (χ2n) is 7.26. The van der Waals surface area contributed by atoms with Gasteiger partial charge in [-0.15, -0.1) is 11.3 Å². The maximum Gasteiger partial charge on any atom is 0.295 e. The number of carbonyl (C=O) groups excluding carboxylic acids is 1. The van der Waals surface area contributed by atoms with Crippen LogP contribution in [0.15, 0.2) is 89.7 Å². The molecule has 2 heterocycles. The highest BCUT2D eigenvalue weighted by atomic mass is 35.5. The van der Waals surface area contributed by atoms with Crippen LogP contribution in [0, 0.1) is 6.92 Å². The van der Waals surface area contributed by atoms with Crippen molar-refractivity contribution in [3.63, 3.8) is 0 Å². The predicted molar refractivity (Wildman–Crippen MR) is 131 cm³/mol. The van der Waals surface area contributed by atoms with E-state index in [1.54, 1.807) is 9.36 Å². The summed E-state index contributed by atoms with van der Waals surface area (Å²) < 4.78 is 4.29. The molecule has 158 valence electrons. The molecule has 0 saturated heterocycles. The van der Waals surface area contributed by atoms with Crippen molar-refractivity contribution in [1.29, 1.82) is 0 Å². The highest BCUT2D eigenvalue weighted by Gasteiger charge is 2.24. The number of thiophene rings is 1. The highest BCUT2D eigenvalue weighted by Crippen LogP contribution is 2.35. The smallest absolute Gasteiger partial charge is 0.295 e. The van der Waals surface area contributed by atoms with E-state index in [1.807, 2.05) is 91.9 Å². The first kappa shape index (κ1) is 20.3. The third-order valence-electron chi connectivity index (χ3n) is 5.27. The van der Waals surface area contributed by atoms with Crippen LogP contribution in [0.3, 0.4) is 0 Å². The Bertz CT molecular complexity index is 1500. The molecule has 0 aliphatic carbocycles. The lowest BCUT2D eigenvalue weighted by Crippen LogP contribution is -2.23. The van der Waals surface area contributed by atoms with Gasteiger partial charge >= 0.3 is 0 Å². The van der Waals surface area contributed by atoms with Crippen molar-refractivity contribution in [2.24, 2.45) is 0 Å². The summed E-state index contributed by atoms with van der Waals surface area (Å²) in [5, 5.41) is 4.05. The largest absolute Gasteiger partial charge is 0.315 e. The summed E-state index contributed by atoms with van der Waals surface area (Å²) in [6, 6.07) is 26.5. The number of para-hydroxylation sites is 2. The van der Waals surface area contributed by atoms with Gasteiger partial charge in [0.2, 0.25) is 0 Å². The summed E-state index contributed by atoms with van der Waals surface area (Å²) in [6.07, 6.45) is 0. The molecule has 3 aromatic carbocycles. The van der Waals surface area contributed by atoms with Crippen molar-refractivity contribution in [2.45, 2.75) is 6.92 Å². The third-order valence-corrected chi connectivity index (χ3v) is 6.94. The average molecular weight is 460 g/mol. The van der Waals surface area contributed by atoms with Gasteiger partial charge in [0.05, 0.1) is 22.1 Å². The molecule has 0 unspecified atom stereocenters. The first-order valence-corrected chi connectivity index (χ1v) is 11.2. The van der Waals surface area contributed by atoms with Gasteiger partial charge in [0.15, 0.2) is 0 Å². The molecular formula is C25H18ClN3O2S. The van der Waals surface area contributed by atoms with Crippen molar-refractivity contribution in [3.8, 4) is 11.4 Å². The Kier molecular flexibility index (Phi) is 5.17. The number of benzene rings is 3. The summed E-state index contributed by atoms with van der Waals surface area (Å²) >= 11 is 7.79. The number of hydrogen-bond acceptors (Lipinski definition) is 3. The zero-order valence-corrected chi connectivity index (χ0v) is 18.7. The first-order chi connectivity index (χ1) is 15.6. The van der Waals surface area contributed by atoms with Gasteiger partial charge in [-0.2, -0.15) is 0 Å². The molecule has 0 atom stereocenters. The van der Waals surface area contributed by atoms with Crippen molar-refractivity contribution >= 4 is 44.6 Å². The zero-order chi connectivity index (χ0) is 22.2. The molecule has 5 nitrogen and oxygen atoms in total. The fourth-order valence-corrected chi connectivity index (χ4v) is 5.17. The fraction of sp³-hybridized carbons (Fsp3) is 0.0400. The lowest BCUT2D eigenvalue weighted by Gasteiger charge is -2.13. The van der Waals surface area contributed by atoms with E-state index in [9.17, 15) is 9.59 Å². The normalized spacial score (nSPS) is 11.1. The van der Waals surface area contributed by atoms with Gasteiger partial charge in [0.25, 0.3) is 11.5 Å². The number of halogens is 1. The number of anilines is 1. The molecule has 5 aromatic rings. The van der Waals surface area contributed by atoms with Crippen LogP contribution in [0.2, 0.25) is 5.02 Å². The quantitative estimate of drug-likeness (QED) is 0.355. The van der Waals surface area contributed by atoms with E-state index in [0.29, 0.717) is 21.3 Å². The second-order valence-corrected chi connectivity index (χ2v) is 8.69. The van der Waals surface area contributed by atoms with Crippen LogP contribution >= 0.6 is 22.9 Å². The Balaban J connectivity index is 1.65. The molecule has 5 rings (SSSR count). The number of hydrogen-bond donors (Lipinski definition) is 1. The number of nitrogens with one attached hydrogen (secondary N) is 1. The Hall–Kier alpha value is -3.61. The van der Waals surface area contributed by atoms with Gasteiger partial charge in [0.1, 0.15) is 10.6 Å². The first-order valence-electron chi connectivity index (χ1n) is 10.00. The molecule has 0 aliphatic heterocycles. The molecule has 32 heavy (non-hydrogen) atoms. The monoisotopic (exact) mass is 459 g/mol. The summed E-state index contributed by atoms with van der Waals surface area (Å²) in [6.45, 7) is 1.82. The fourth-order valence-electron chi connectivity index (χ4n) is 3.76. The minimum atomic E-state index is -0.401. The molecular weight excluding hydrogens is 442 g/mol. The Morgan fingerprint density at radius 1 is 0.844 bits per heavy atom. The number of rotatable bonds is 4.